The first-order valence-electron chi connectivity index (χ1n) is 13.0. The molecule has 3 N–H and O–H groups in total. The maximum Gasteiger partial charge on any atom is 0.240 e. The Kier molecular flexibility index (Phi) is 9.04. The van der Waals surface area contributed by atoms with Gasteiger partial charge in [0.25, 0.3) is 0 Å². The number of nitrogens with zero attached hydrogens (tertiary/aromatic N) is 3. The van der Waals surface area contributed by atoms with Gasteiger partial charge in [-0.25, -0.2) is 0 Å². The number of carbonyl (C=O) groups is 4. The van der Waals surface area contributed by atoms with E-state index in [2.05, 4.69) is 20.9 Å². The number of fused-ring (bicyclic) bond motifs is 1. The van der Waals surface area contributed by atoms with E-state index in [1.807, 2.05) is 4.90 Å². The summed E-state index contributed by atoms with van der Waals surface area (Å²) < 4.78 is 0. The summed E-state index contributed by atoms with van der Waals surface area (Å²) in [6, 6.07) is 6.90. The van der Waals surface area contributed by atoms with Gasteiger partial charge in [0, 0.05) is 57.3 Å². The Balaban J connectivity index is 1.35. The zero-order valence-corrected chi connectivity index (χ0v) is 22.3. The Hall–Kier alpha value is -2.69. The van der Waals surface area contributed by atoms with E-state index in [0.717, 1.165) is 51.0 Å². The van der Waals surface area contributed by atoms with Crippen LogP contribution in [-0.2, 0) is 19.2 Å². The molecule has 0 spiro atoms. The van der Waals surface area contributed by atoms with Gasteiger partial charge in [0.15, 0.2) is 0 Å². The summed E-state index contributed by atoms with van der Waals surface area (Å²) in [5.74, 6) is -0.580. The quantitative estimate of drug-likeness (QED) is 0.477. The number of carbonyl (C=O) groups excluding carboxylic acids is 4. The van der Waals surface area contributed by atoms with Crippen LogP contribution in [0.1, 0.15) is 44.2 Å². The Morgan fingerprint density at radius 3 is 2.43 bits per heavy atom. The van der Waals surface area contributed by atoms with Crippen LogP contribution in [0.15, 0.2) is 24.3 Å². The molecule has 4 amide bonds. The molecule has 2 saturated heterocycles. The van der Waals surface area contributed by atoms with Gasteiger partial charge in [-0.1, -0.05) is 23.7 Å². The third-order valence-corrected chi connectivity index (χ3v) is 8.13. The van der Waals surface area contributed by atoms with Gasteiger partial charge in [-0.15, -0.1) is 0 Å². The fraction of sp³-hybridized carbons (Fsp3) is 0.615. The van der Waals surface area contributed by atoms with Gasteiger partial charge < -0.3 is 20.4 Å². The summed E-state index contributed by atoms with van der Waals surface area (Å²) >= 11 is 6.00. The summed E-state index contributed by atoms with van der Waals surface area (Å²) in [5.41, 5.74) is 0.768. The Morgan fingerprint density at radius 2 is 1.78 bits per heavy atom. The number of nitrogens with one attached hydrogen (secondary N) is 3. The third-order valence-electron chi connectivity index (χ3n) is 7.88. The Labute approximate surface area is 223 Å². The Bertz CT molecular complexity index is 997. The first-order valence-corrected chi connectivity index (χ1v) is 13.4. The van der Waals surface area contributed by atoms with Crippen molar-refractivity contribution in [2.45, 2.75) is 50.7 Å². The smallest absolute Gasteiger partial charge is 0.240 e. The van der Waals surface area contributed by atoms with Crippen LogP contribution in [0.25, 0.3) is 0 Å². The minimum Gasteiger partial charge on any atom is -0.359 e. The molecule has 37 heavy (non-hydrogen) atoms. The van der Waals surface area contributed by atoms with Crippen molar-refractivity contribution in [3.8, 4) is 0 Å². The van der Waals surface area contributed by atoms with E-state index < -0.39 is 6.04 Å². The molecule has 1 aliphatic carbocycles. The lowest BCUT2D eigenvalue weighted by Gasteiger charge is -2.47. The molecule has 10 nitrogen and oxygen atoms in total. The lowest BCUT2D eigenvalue weighted by atomic mass is 9.79. The van der Waals surface area contributed by atoms with Gasteiger partial charge in [-0.05, 0) is 37.0 Å². The standard InChI is InChI=1S/C26H37ClN6O4/c1-17(34)31-9-11-32(12-10-31)20-7-8-22-21(13-20)26(37)33(16-29-22)15-25(36)30-23(14-24(35)28-2)18-3-5-19(27)6-4-18/h3-6,20-23,29H,7-16H2,1-2H3,(H,28,35)(H,30,36). The lowest BCUT2D eigenvalue weighted by Crippen LogP contribution is -2.62. The fourth-order valence-electron chi connectivity index (χ4n) is 5.72. The molecule has 4 atom stereocenters. The molecular weight excluding hydrogens is 496 g/mol. The van der Waals surface area contributed by atoms with Gasteiger partial charge in [0.1, 0.15) is 6.54 Å². The molecule has 0 radical (unpaired) electrons. The number of halogens is 1. The molecule has 2 aliphatic heterocycles. The van der Waals surface area contributed by atoms with Gasteiger partial charge in [0.05, 0.1) is 25.0 Å². The second-order valence-electron chi connectivity index (χ2n) is 10.2. The van der Waals surface area contributed by atoms with Crippen LogP contribution < -0.4 is 16.0 Å². The predicted octanol–water partition coefficient (Wildman–Crippen LogP) is 0.724. The summed E-state index contributed by atoms with van der Waals surface area (Å²) in [6.45, 7) is 4.96. The van der Waals surface area contributed by atoms with Crippen molar-refractivity contribution in [3.63, 3.8) is 0 Å². The zero-order valence-electron chi connectivity index (χ0n) is 21.5. The first-order chi connectivity index (χ1) is 17.7. The molecule has 3 fully saturated rings. The SMILES string of the molecule is CNC(=O)CC(NC(=O)CN1CNC2CCC(N3CCN(C(C)=O)CC3)CC2C1=O)c1ccc(Cl)cc1. The van der Waals surface area contributed by atoms with Crippen molar-refractivity contribution in [2.75, 3.05) is 46.4 Å². The highest BCUT2D eigenvalue weighted by Crippen LogP contribution is 2.32. The first kappa shape index (κ1) is 27.3. The molecule has 1 aromatic rings. The summed E-state index contributed by atoms with van der Waals surface area (Å²) in [4.78, 5) is 56.0. The number of amides is 4. The average molecular weight is 533 g/mol. The Morgan fingerprint density at radius 1 is 1.08 bits per heavy atom. The second-order valence-corrected chi connectivity index (χ2v) is 10.6. The molecule has 1 aromatic carbocycles. The van der Waals surface area contributed by atoms with E-state index in [0.29, 0.717) is 17.7 Å². The van der Waals surface area contributed by atoms with E-state index in [4.69, 9.17) is 11.6 Å². The maximum absolute atomic E-state index is 13.4. The monoisotopic (exact) mass is 532 g/mol. The van der Waals surface area contributed by atoms with Crippen molar-refractivity contribution in [1.82, 2.24) is 30.7 Å². The van der Waals surface area contributed by atoms with Gasteiger partial charge in [-0.2, -0.15) is 0 Å². The molecule has 2 heterocycles. The summed E-state index contributed by atoms with van der Waals surface area (Å²) in [7, 11) is 1.55. The van der Waals surface area contributed by atoms with Crippen LogP contribution in [0, 0.1) is 5.92 Å². The average Bonchev–Trinajstić information content (AvgIpc) is 2.90. The molecule has 1 saturated carbocycles. The van der Waals surface area contributed by atoms with Crippen LogP contribution >= 0.6 is 11.6 Å². The zero-order chi connectivity index (χ0) is 26.5. The number of hydrogen-bond acceptors (Lipinski definition) is 6. The predicted molar refractivity (Wildman–Crippen MR) is 139 cm³/mol. The highest BCUT2D eigenvalue weighted by atomic mass is 35.5. The topological polar surface area (TPSA) is 114 Å². The molecule has 0 aromatic heterocycles. The number of piperazine rings is 1. The van der Waals surface area contributed by atoms with Gasteiger partial charge in [0.2, 0.25) is 23.6 Å². The molecule has 4 unspecified atom stereocenters. The van der Waals surface area contributed by atoms with Crippen LogP contribution in [0.4, 0.5) is 0 Å². The van der Waals surface area contributed by atoms with E-state index in [9.17, 15) is 19.2 Å². The lowest BCUT2D eigenvalue weighted by molar-refractivity contribution is -0.146. The number of rotatable bonds is 7. The summed E-state index contributed by atoms with van der Waals surface area (Å²) in [5, 5.41) is 9.55. The van der Waals surface area contributed by atoms with E-state index >= 15 is 0 Å². The highest BCUT2D eigenvalue weighted by molar-refractivity contribution is 6.30. The van der Waals surface area contributed by atoms with E-state index in [1.165, 1.54) is 0 Å². The second kappa shape index (κ2) is 12.2. The molecule has 4 rings (SSSR count). The van der Waals surface area contributed by atoms with E-state index in [1.54, 1.807) is 43.1 Å². The van der Waals surface area contributed by atoms with Crippen LogP contribution in [0.2, 0.25) is 5.02 Å². The van der Waals surface area contributed by atoms with Gasteiger partial charge in [-0.3, -0.25) is 29.4 Å². The fourth-order valence-corrected chi connectivity index (χ4v) is 5.85. The highest BCUT2D eigenvalue weighted by Gasteiger charge is 2.42. The minimum atomic E-state index is -0.530. The minimum absolute atomic E-state index is 0.000293. The third kappa shape index (κ3) is 6.80. The normalized spacial score (nSPS) is 25.3. The summed E-state index contributed by atoms with van der Waals surface area (Å²) in [6.07, 6.45) is 2.77. The largest absolute Gasteiger partial charge is 0.359 e. The number of hydrogen-bond donors (Lipinski definition) is 3. The van der Waals surface area contributed by atoms with E-state index in [-0.39, 0.29) is 48.6 Å². The van der Waals surface area contributed by atoms with Crippen LogP contribution in [-0.4, -0.2) is 96.9 Å². The molecular formula is C26H37ClN6O4. The van der Waals surface area contributed by atoms with Crippen LogP contribution in [0.5, 0.6) is 0 Å². The molecule has 3 aliphatic rings. The van der Waals surface area contributed by atoms with Crippen LogP contribution in [0.3, 0.4) is 0 Å². The van der Waals surface area contributed by atoms with Crippen molar-refractivity contribution in [3.05, 3.63) is 34.9 Å². The van der Waals surface area contributed by atoms with Crippen molar-refractivity contribution in [2.24, 2.45) is 5.92 Å². The van der Waals surface area contributed by atoms with Crippen molar-refractivity contribution in [1.29, 1.82) is 0 Å². The molecule has 11 heteroatoms. The maximum atomic E-state index is 13.4. The molecule has 202 valence electrons. The van der Waals surface area contributed by atoms with Crippen molar-refractivity contribution < 1.29 is 19.2 Å². The van der Waals surface area contributed by atoms with Gasteiger partial charge >= 0.3 is 0 Å². The molecule has 0 bridgehead atoms. The van der Waals surface area contributed by atoms with Crippen molar-refractivity contribution >= 4 is 35.2 Å². The number of benzene rings is 1.